The van der Waals surface area contributed by atoms with Gasteiger partial charge in [-0.25, -0.2) is 18.0 Å². The standard InChI is InChI=1S/C25H44N4O6S/c1-24(2)17-9-10-25(24,3)20(14-17)29-21(30)18(13-16-7-5-4-6-8-16)27-23(33)28-19(22(31)32)15-36(34,35)12-11-26/h16-20H,4-15,26H2,1-3H3,(H,29,30)(H,31,32)(H2,27,28,33)/t17-,18-,19?,20+,25+/m1/s1. The predicted molar refractivity (Wildman–Crippen MR) is 137 cm³/mol. The molecule has 0 aromatic heterocycles. The molecule has 0 aliphatic heterocycles. The van der Waals surface area contributed by atoms with Crippen LogP contribution in [0.15, 0.2) is 0 Å². The fraction of sp³-hybridized carbons (Fsp3) is 0.880. The summed E-state index contributed by atoms with van der Waals surface area (Å²) in [5, 5.41) is 17.6. The van der Waals surface area contributed by atoms with Crippen LogP contribution in [0.1, 0.15) is 78.6 Å². The number of amides is 3. The lowest BCUT2D eigenvalue weighted by molar-refractivity contribution is -0.138. The molecule has 2 bridgehead atoms. The molecule has 0 aromatic rings. The first-order valence-electron chi connectivity index (χ1n) is 13.3. The van der Waals surface area contributed by atoms with Crippen LogP contribution in [0.5, 0.6) is 0 Å². The average molecular weight is 529 g/mol. The van der Waals surface area contributed by atoms with Gasteiger partial charge in [0.2, 0.25) is 5.91 Å². The summed E-state index contributed by atoms with van der Waals surface area (Å²) in [6.07, 6.45) is 8.90. The molecule has 1 unspecified atom stereocenters. The largest absolute Gasteiger partial charge is 0.480 e. The van der Waals surface area contributed by atoms with Gasteiger partial charge in [0.1, 0.15) is 12.1 Å². The fourth-order valence-electron chi connectivity index (χ4n) is 6.73. The van der Waals surface area contributed by atoms with E-state index in [2.05, 4.69) is 36.7 Å². The van der Waals surface area contributed by atoms with E-state index in [0.29, 0.717) is 18.3 Å². The monoisotopic (exact) mass is 528 g/mol. The van der Waals surface area contributed by atoms with Crippen molar-refractivity contribution in [3.05, 3.63) is 0 Å². The van der Waals surface area contributed by atoms with E-state index in [9.17, 15) is 27.9 Å². The Morgan fingerprint density at radius 1 is 1.03 bits per heavy atom. The first kappa shape index (κ1) is 28.7. The summed E-state index contributed by atoms with van der Waals surface area (Å²) in [5.74, 6) is -2.01. The number of sulfone groups is 1. The molecule has 206 valence electrons. The van der Waals surface area contributed by atoms with Crippen molar-refractivity contribution in [1.82, 2.24) is 16.0 Å². The number of carbonyl (C=O) groups is 3. The molecule has 3 rings (SSSR count). The highest BCUT2D eigenvalue weighted by Crippen LogP contribution is 2.65. The first-order chi connectivity index (χ1) is 16.8. The lowest BCUT2D eigenvalue weighted by atomic mass is 9.69. The van der Waals surface area contributed by atoms with Crippen molar-refractivity contribution in [2.75, 3.05) is 18.1 Å². The van der Waals surface area contributed by atoms with Crippen LogP contribution in [0.2, 0.25) is 0 Å². The van der Waals surface area contributed by atoms with E-state index in [-0.39, 0.29) is 35.1 Å². The molecular weight excluding hydrogens is 484 g/mol. The highest BCUT2D eigenvalue weighted by Gasteiger charge is 2.61. The Morgan fingerprint density at radius 3 is 2.19 bits per heavy atom. The molecule has 0 radical (unpaired) electrons. The minimum Gasteiger partial charge on any atom is -0.480 e. The Kier molecular flexibility index (Phi) is 8.96. The molecule has 0 heterocycles. The van der Waals surface area contributed by atoms with Gasteiger partial charge in [0.15, 0.2) is 9.84 Å². The molecule has 0 spiro atoms. The minimum atomic E-state index is -3.76. The molecule has 3 aliphatic rings. The second kappa shape index (κ2) is 11.2. The molecule has 10 nitrogen and oxygen atoms in total. The van der Waals surface area contributed by atoms with E-state index < -0.39 is 39.7 Å². The molecule has 3 amide bonds. The summed E-state index contributed by atoms with van der Waals surface area (Å²) in [5.41, 5.74) is 5.41. The van der Waals surface area contributed by atoms with E-state index in [4.69, 9.17) is 5.73 Å². The minimum absolute atomic E-state index is 0.0171. The van der Waals surface area contributed by atoms with Crippen molar-refractivity contribution in [2.45, 2.75) is 96.7 Å². The van der Waals surface area contributed by atoms with Gasteiger partial charge in [-0.2, -0.15) is 0 Å². The van der Waals surface area contributed by atoms with E-state index >= 15 is 0 Å². The molecule has 6 N–H and O–H groups in total. The Bertz CT molecular complexity index is 933. The molecule has 3 aliphatic carbocycles. The van der Waals surface area contributed by atoms with Gasteiger partial charge in [-0.3, -0.25) is 4.79 Å². The molecule has 3 fully saturated rings. The lowest BCUT2D eigenvalue weighted by Gasteiger charge is -2.40. The summed E-state index contributed by atoms with van der Waals surface area (Å²) in [7, 11) is -3.76. The van der Waals surface area contributed by atoms with Crippen LogP contribution >= 0.6 is 0 Å². The van der Waals surface area contributed by atoms with Gasteiger partial charge in [0.25, 0.3) is 0 Å². The number of aliphatic carboxylic acids is 1. The number of carbonyl (C=O) groups excluding carboxylic acids is 2. The van der Waals surface area contributed by atoms with Gasteiger partial charge in [-0.05, 0) is 48.3 Å². The van der Waals surface area contributed by atoms with Crippen LogP contribution in [0.25, 0.3) is 0 Å². The maximum Gasteiger partial charge on any atom is 0.327 e. The SMILES string of the molecule is CC1(C)[C@@H]2CC[C@@]1(C)[C@@H](NC(=O)[C@@H](CC1CCCCC1)NC(=O)NC(CS(=O)(=O)CCN)C(=O)O)C2. The number of fused-ring (bicyclic) bond motifs is 2. The normalized spacial score (nSPS) is 29.3. The van der Waals surface area contributed by atoms with Crippen molar-refractivity contribution < 1.29 is 27.9 Å². The number of hydrogen-bond donors (Lipinski definition) is 5. The number of carboxylic acid groups (broad SMARTS) is 1. The van der Waals surface area contributed by atoms with Gasteiger partial charge in [0, 0.05) is 12.6 Å². The van der Waals surface area contributed by atoms with Crippen LogP contribution < -0.4 is 21.7 Å². The summed E-state index contributed by atoms with van der Waals surface area (Å²) in [6.45, 7) is 6.64. The number of nitrogens with two attached hydrogens (primary N) is 1. The van der Waals surface area contributed by atoms with E-state index in [1.807, 2.05) is 0 Å². The van der Waals surface area contributed by atoms with Crippen molar-refractivity contribution in [3.8, 4) is 0 Å². The van der Waals surface area contributed by atoms with Crippen LogP contribution in [0.3, 0.4) is 0 Å². The topological polar surface area (TPSA) is 168 Å². The maximum absolute atomic E-state index is 13.5. The zero-order valence-electron chi connectivity index (χ0n) is 21.8. The van der Waals surface area contributed by atoms with Crippen molar-refractivity contribution >= 4 is 27.7 Å². The summed E-state index contributed by atoms with van der Waals surface area (Å²) in [4.78, 5) is 37.9. The zero-order chi connectivity index (χ0) is 26.7. The number of carboxylic acids is 1. The van der Waals surface area contributed by atoms with E-state index in [0.717, 1.165) is 51.4 Å². The number of nitrogens with one attached hydrogen (secondary N) is 3. The molecule has 0 aromatic carbocycles. The van der Waals surface area contributed by atoms with Crippen LogP contribution in [0, 0.1) is 22.7 Å². The second-order valence-corrected chi connectivity index (χ2v) is 14.1. The van der Waals surface area contributed by atoms with E-state index in [1.165, 1.54) is 0 Å². The van der Waals surface area contributed by atoms with Crippen LogP contribution in [-0.4, -0.2) is 67.6 Å². The second-order valence-electron chi connectivity index (χ2n) is 11.9. The number of urea groups is 1. The molecule has 5 atom stereocenters. The van der Waals surface area contributed by atoms with Gasteiger partial charge in [-0.1, -0.05) is 52.9 Å². The Morgan fingerprint density at radius 2 is 1.67 bits per heavy atom. The first-order valence-corrected chi connectivity index (χ1v) is 15.1. The summed E-state index contributed by atoms with van der Waals surface area (Å²) in [6, 6.07) is -3.30. The van der Waals surface area contributed by atoms with Gasteiger partial charge >= 0.3 is 12.0 Å². The Balaban J connectivity index is 1.69. The summed E-state index contributed by atoms with van der Waals surface area (Å²) < 4.78 is 24.2. The molecule has 11 heteroatoms. The Hall–Kier alpha value is -1.88. The third-order valence-electron chi connectivity index (χ3n) is 9.48. The fourth-order valence-corrected chi connectivity index (χ4v) is 7.99. The predicted octanol–water partition coefficient (Wildman–Crippen LogP) is 1.78. The highest BCUT2D eigenvalue weighted by molar-refractivity contribution is 7.91. The van der Waals surface area contributed by atoms with Crippen molar-refractivity contribution in [1.29, 1.82) is 0 Å². The molecule has 0 saturated heterocycles. The zero-order valence-corrected chi connectivity index (χ0v) is 22.7. The molecular formula is C25H44N4O6S. The van der Waals surface area contributed by atoms with Gasteiger partial charge in [-0.15, -0.1) is 0 Å². The maximum atomic E-state index is 13.5. The third kappa shape index (κ3) is 6.33. The number of hydrogen-bond acceptors (Lipinski definition) is 6. The highest BCUT2D eigenvalue weighted by atomic mass is 32.2. The molecule has 36 heavy (non-hydrogen) atoms. The van der Waals surface area contributed by atoms with Gasteiger partial charge in [0.05, 0.1) is 11.5 Å². The third-order valence-corrected chi connectivity index (χ3v) is 11.2. The number of rotatable bonds is 11. The van der Waals surface area contributed by atoms with Crippen LogP contribution in [-0.2, 0) is 19.4 Å². The quantitative estimate of drug-likeness (QED) is 0.272. The smallest absolute Gasteiger partial charge is 0.327 e. The van der Waals surface area contributed by atoms with Gasteiger partial charge < -0.3 is 26.8 Å². The molecule has 3 saturated carbocycles. The van der Waals surface area contributed by atoms with Crippen molar-refractivity contribution in [3.63, 3.8) is 0 Å². The Labute approximate surface area is 214 Å². The average Bonchev–Trinajstić information content (AvgIpc) is 3.12. The van der Waals surface area contributed by atoms with Crippen LogP contribution in [0.4, 0.5) is 4.79 Å². The van der Waals surface area contributed by atoms with E-state index in [1.54, 1.807) is 0 Å². The summed E-state index contributed by atoms with van der Waals surface area (Å²) >= 11 is 0. The lowest BCUT2D eigenvalue weighted by Crippen LogP contribution is -2.57. The van der Waals surface area contributed by atoms with Crippen molar-refractivity contribution in [2.24, 2.45) is 28.4 Å².